The summed E-state index contributed by atoms with van der Waals surface area (Å²) in [5.74, 6) is 0.671. The van der Waals surface area contributed by atoms with Crippen LogP contribution >= 0.6 is 0 Å². The van der Waals surface area contributed by atoms with Crippen LogP contribution in [0.5, 0.6) is 0 Å². The van der Waals surface area contributed by atoms with Crippen molar-refractivity contribution < 1.29 is 4.74 Å². The van der Waals surface area contributed by atoms with E-state index in [1.807, 2.05) is 0 Å². The molecule has 0 aliphatic carbocycles. The zero-order valence-electron chi connectivity index (χ0n) is 9.33. The topological polar surface area (TPSA) is 21.3 Å². The third-order valence-electron chi connectivity index (χ3n) is 3.09. The van der Waals surface area contributed by atoms with Crippen LogP contribution in [0, 0.1) is 0 Å². The third-order valence-corrected chi connectivity index (χ3v) is 3.09. The van der Waals surface area contributed by atoms with Crippen molar-refractivity contribution in [3.05, 3.63) is 35.4 Å². The molecule has 1 N–H and O–H groups in total. The molecule has 1 aromatic carbocycles. The summed E-state index contributed by atoms with van der Waals surface area (Å²) in [4.78, 5) is 0. The van der Waals surface area contributed by atoms with Gasteiger partial charge in [0.2, 0.25) is 0 Å². The van der Waals surface area contributed by atoms with Crippen LogP contribution in [0.25, 0.3) is 0 Å². The van der Waals surface area contributed by atoms with E-state index in [0.29, 0.717) is 5.92 Å². The number of hydrogen-bond donors (Lipinski definition) is 1. The second-order valence-electron chi connectivity index (χ2n) is 4.18. The Bertz CT molecular complexity index is 305. The van der Waals surface area contributed by atoms with Crippen LogP contribution in [-0.4, -0.2) is 20.2 Å². The van der Waals surface area contributed by atoms with Crippen molar-refractivity contribution in [2.24, 2.45) is 0 Å². The second kappa shape index (κ2) is 5.29. The Morgan fingerprint density at radius 2 is 2.27 bits per heavy atom. The molecule has 15 heavy (non-hydrogen) atoms. The SMILES string of the molecule is COCc1ccccc1C1CCCNC1. The molecule has 0 aromatic heterocycles. The molecule has 0 radical (unpaired) electrons. The average Bonchev–Trinajstić information content (AvgIpc) is 2.31. The van der Waals surface area contributed by atoms with Gasteiger partial charge in [0, 0.05) is 13.7 Å². The maximum absolute atomic E-state index is 5.24. The van der Waals surface area contributed by atoms with E-state index in [1.54, 1.807) is 7.11 Å². The summed E-state index contributed by atoms with van der Waals surface area (Å²) >= 11 is 0. The molecule has 1 unspecified atom stereocenters. The highest BCUT2D eigenvalue weighted by Gasteiger charge is 2.17. The smallest absolute Gasteiger partial charge is 0.0715 e. The Morgan fingerprint density at radius 1 is 1.40 bits per heavy atom. The summed E-state index contributed by atoms with van der Waals surface area (Å²) in [6.45, 7) is 3.01. The van der Waals surface area contributed by atoms with E-state index in [1.165, 1.54) is 30.5 Å². The molecule has 0 bridgehead atoms. The maximum atomic E-state index is 5.24. The monoisotopic (exact) mass is 205 g/mol. The zero-order chi connectivity index (χ0) is 10.5. The van der Waals surface area contributed by atoms with Gasteiger partial charge in [-0.3, -0.25) is 0 Å². The van der Waals surface area contributed by atoms with Gasteiger partial charge in [-0.2, -0.15) is 0 Å². The first-order valence-electron chi connectivity index (χ1n) is 5.69. The van der Waals surface area contributed by atoms with Crippen LogP contribution in [0.15, 0.2) is 24.3 Å². The average molecular weight is 205 g/mol. The molecule has 1 fully saturated rings. The van der Waals surface area contributed by atoms with Crippen molar-refractivity contribution in [3.63, 3.8) is 0 Å². The molecule has 0 amide bonds. The summed E-state index contributed by atoms with van der Waals surface area (Å²) in [6.07, 6.45) is 2.58. The van der Waals surface area contributed by atoms with Gasteiger partial charge >= 0.3 is 0 Å². The fourth-order valence-corrected chi connectivity index (χ4v) is 2.34. The van der Waals surface area contributed by atoms with Gasteiger partial charge in [-0.1, -0.05) is 24.3 Å². The predicted octanol–water partition coefficient (Wildman–Crippen LogP) is 2.30. The summed E-state index contributed by atoms with van der Waals surface area (Å²) in [5, 5.41) is 3.46. The number of hydrogen-bond acceptors (Lipinski definition) is 2. The molecule has 1 heterocycles. The van der Waals surface area contributed by atoms with Crippen LogP contribution in [0.3, 0.4) is 0 Å². The fraction of sp³-hybridized carbons (Fsp3) is 0.538. The Kier molecular flexibility index (Phi) is 3.75. The summed E-state index contributed by atoms with van der Waals surface area (Å²) in [6, 6.07) is 8.64. The first-order valence-corrected chi connectivity index (χ1v) is 5.69. The van der Waals surface area contributed by atoms with Crippen molar-refractivity contribution >= 4 is 0 Å². The van der Waals surface area contributed by atoms with Crippen molar-refractivity contribution in [3.8, 4) is 0 Å². The Balaban J connectivity index is 2.17. The van der Waals surface area contributed by atoms with E-state index in [9.17, 15) is 0 Å². The largest absolute Gasteiger partial charge is 0.380 e. The number of benzene rings is 1. The first-order chi connectivity index (χ1) is 7.42. The molecule has 0 spiro atoms. The third kappa shape index (κ3) is 2.58. The van der Waals surface area contributed by atoms with E-state index >= 15 is 0 Å². The van der Waals surface area contributed by atoms with Crippen LogP contribution in [-0.2, 0) is 11.3 Å². The van der Waals surface area contributed by atoms with E-state index in [4.69, 9.17) is 4.74 Å². The van der Waals surface area contributed by atoms with Crippen LogP contribution in [0.4, 0.5) is 0 Å². The molecule has 2 nitrogen and oxygen atoms in total. The molecule has 1 aliphatic heterocycles. The molecule has 1 atom stereocenters. The van der Waals surface area contributed by atoms with Crippen molar-refractivity contribution in [2.75, 3.05) is 20.2 Å². The molecule has 1 aromatic rings. The van der Waals surface area contributed by atoms with Crippen LogP contribution < -0.4 is 5.32 Å². The minimum atomic E-state index is 0.671. The normalized spacial score (nSPS) is 21.5. The van der Waals surface area contributed by atoms with Gasteiger partial charge in [0.15, 0.2) is 0 Å². The number of methoxy groups -OCH3 is 1. The molecule has 1 saturated heterocycles. The summed E-state index contributed by atoms with van der Waals surface area (Å²) in [7, 11) is 1.76. The summed E-state index contributed by atoms with van der Waals surface area (Å²) in [5.41, 5.74) is 2.81. The zero-order valence-corrected chi connectivity index (χ0v) is 9.33. The highest BCUT2D eigenvalue weighted by atomic mass is 16.5. The molecular weight excluding hydrogens is 186 g/mol. The standard InChI is InChI=1S/C13H19NO/c1-15-10-12-5-2-3-7-13(12)11-6-4-8-14-9-11/h2-3,5,7,11,14H,4,6,8-10H2,1H3. The fourth-order valence-electron chi connectivity index (χ4n) is 2.34. The van der Waals surface area contributed by atoms with Crippen LogP contribution in [0.2, 0.25) is 0 Å². The maximum Gasteiger partial charge on any atom is 0.0715 e. The van der Waals surface area contributed by atoms with Gasteiger partial charge in [-0.15, -0.1) is 0 Å². The van der Waals surface area contributed by atoms with Gasteiger partial charge < -0.3 is 10.1 Å². The lowest BCUT2D eigenvalue weighted by Gasteiger charge is -2.25. The van der Waals surface area contributed by atoms with Gasteiger partial charge in [0.1, 0.15) is 0 Å². The highest BCUT2D eigenvalue weighted by Crippen LogP contribution is 2.26. The Labute approximate surface area is 91.6 Å². The summed E-state index contributed by atoms with van der Waals surface area (Å²) < 4.78 is 5.24. The number of piperidine rings is 1. The minimum Gasteiger partial charge on any atom is -0.380 e. The van der Waals surface area contributed by atoms with Gasteiger partial charge in [0.25, 0.3) is 0 Å². The lowest BCUT2D eigenvalue weighted by molar-refractivity contribution is 0.183. The number of ether oxygens (including phenoxy) is 1. The molecule has 2 rings (SSSR count). The van der Waals surface area contributed by atoms with E-state index in [2.05, 4.69) is 29.6 Å². The van der Waals surface area contributed by atoms with Gasteiger partial charge in [0.05, 0.1) is 6.61 Å². The Morgan fingerprint density at radius 3 is 3.00 bits per heavy atom. The highest BCUT2D eigenvalue weighted by molar-refractivity contribution is 5.30. The van der Waals surface area contributed by atoms with Crippen molar-refractivity contribution in [1.29, 1.82) is 0 Å². The molecular formula is C13H19NO. The molecule has 1 aliphatic rings. The lowest BCUT2D eigenvalue weighted by Crippen LogP contribution is -2.28. The molecule has 82 valence electrons. The van der Waals surface area contributed by atoms with Gasteiger partial charge in [-0.25, -0.2) is 0 Å². The Hall–Kier alpha value is -0.860. The number of rotatable bonds is 3. The number of nitrogens with one attached hydrogen (secondary N) is 1. The van der Waals surface area contributed by atoms with E-state index in [0.717, 1.165) is 13.2 Å². The van der Waals surface area contributed by atoms with Crippen molar-refractivity contribution in [2.45, 2.75) is 25.4 Å². The van der Waals surface area contributed by atoms with Crippen LogP contribution in [0.1, 0.15) is 29.9 Å². The van der Waals surface area contributed by atoms with Gasteiger partial charge in [-0.05, 0) is 36.4 Å². The molecule has 2 heteroatoms. The van der Waals surface area contributed by atoms with E-state index < -0.39 is 0 Å². The first kappa shape index (κ1) is 10.7. The lowest BCUT2D eigenvalue weighted by atomic mass is 9.88. The van der Waals surface area contributed by atoms with E-state index in [-0.39, 0.29) is 0 Å². The quantitative estimate of drug-likeness (QED) is 0.817. The van der Waals surface area contributed by atoms with Crippen molar-refractivity contribution in [1.82, 2.24) is 5.32 Å². The minimum absolute atomic E-state index is 0.671. The molecule has 0 saturated carbocycles. The predicted molar refractivity (Wildman–Crippen MR) is 62.0 cm³/mol. The second-order valence-corrected chi connectivity index (χ2v) is 4.18.